The Morgan fingerprint density at radius 3 is 2.65 bits per heavy atom. The van der Waals surface area contributed by atoms with E-state index in [4.69, 9.17) is 4.74 Å². The van der Waals surface area contributed by atoms with Crippen LogP contribution in [0.1, 0.15) is 23.0 Å². The summed E-state index contributed by atoms with van der Waals surface area (Å²) < 4.78 is 5.07. The number of aryl methyl sites for hydroxylation is 1. The number of aromatic amines is 1. The molecule has 0 amide bonds. The minimum Gasteiger partial charge on any atom is -0.462 e. The molecule has 1 heterocycles. The highest BCUT2D eigenvalue weighted by Crippen LogP contribution is 2.26. The summed E-state index contributed by atoms with van der Waals surface area (Å²) in [5, 5.41) is 0. The summed E-state index contributed by atoms with van der Waals surface area (Å²) in [6.45, 7) is 4.07. The zero-order valence-electron chi connectivity index (χ0n) is 9.99. The van der Waals surface area contributed by atoms with Crippen LogP contribution in [0.4, 0.5) is 0 Å². The fraction of sp³-hybridized carbons (Fsp3) is 0.214. The van der Waals surface area contributed by atoms with Gasteiger partial charge in [0.05, 0.1) is 12.2 Å². The summed E-state index contributed by atoms with van der Waals surface area (Å²) in [4.78, 5) is 15.0. The van der Waals surface area contributed by atoms with Crippen LogP contribution >= 0.6 is 0 Å². The second-order valence-corrected chi connectivity index (χ2v) is 3.79. The predicted molar refractivity (Wildman–Crippen MR) is 66.9 cm³/mol. The summed E-state index contributed by atoms with van der Waals surface area (Å²) in [5.74, 6) is -0.273. The van der Waals surface area contributed by atoms with E-state index < -0.39 is 0 Å². The Bertz CT molecular complexity index is 514. The first kappa shape index (κ1) is 11.5. The van der Waals surface area contributed by atoms with Crippen molar-refractivity contribution < 1.29 is 9.53 Å². The lowest BCUT2D eigenvalue weighted by molar-refractivity contribution is 0.0526. The van der Waals surface area contributed by atoms with Crippen LogP contribution in [-0.2, 0) is 4.74 Å². The van der Waals surface area contributed by atoms with Gasteiger partial charge in [-0.1, -0.05) is 30.3 Å². The van der Waals surface area contributed by atoms with E-state index in [1.807, 2.05) is 50.4 Å². The Morgan fingerprint density at radius 2 is 2.00 bits per heavy atom. The van der Waals surface area contributed by atoms with Crippen LogP contribution in [0.15, 0.2) is 36.5 Å². The minimum absolute atomic E-state index is 0.273. The van der Waals surface area contributed by atoms with E-state index in [1.165, 1.54) is 0 Å². The van der Waals surface area contributed by atoms with Crippen molar-refractivity contribution in [1.29, 1.82) is 0 Å². The fourth-order valence-corrected chi connectivity index (χ4v) is 1.84. The number of benzene rings is 1. The molecule has 88 valence electrons. The van der Waals surface area contributed by atoms with Crippen molar-refractivity contribution in [3.63, 3.8) is 0 Å². The average Bonchev–Trinajstić information content (AvgIpc) is 2.73. The average molecular weight is 229 g/mol. The van der Waals surface area contributed by atoms with E-state index in [9.17, 15) is 4.79 Å². The molecule has 1 N–H and O–H groups in total. The standard InChI is InChI=1S/C14H15NO2/c1-3-17-14(16)13-10(2)15-9-12(13)11-7-5-4-6-8-11/h4-9,15H,3H2,1-2H3. The largest absolute Gasteiger partial charge is 0.462 e. The number of ether oxygens (including phenoxy) is 1. The van der Waals surface area contributed by atoms with Gasteiger partial charge in [0.25, 0.3) is 0 Å². The molecule has 0 atom stereocenters. The SMILES string of the molecule is CCOC(=O)c1c(-c2ccccc2)c[nH]c1C. The Kier molecular flexibility index (Phi) is 3.28. The van der Waals surface area contributed by atoms with Gasteiger partial charge in [0.15, 0.2) is 0 Å². The first-order valence-corrected chi connectivity index (χ1v) is 5.64. The zero-order chi connectivity index (χ0) is 12.3. The lowest BCUT2D eigenvalue weighted by Crippen LogP contribution is -2.06. The number of aromatic nitrogens is 1. The van der Waals surface area contributed by atoms with Crippen molar-refractivity contribution in [2.75, 3.05) is 6.61 Å². The topological polar surface area (TPSA) is 42.1 Å². The van der Waals surface area contributed by atoms with Gasteiger partial charge in [0.1, 0.15) is 0 Å². The van der Waals surface area contributed by atoms with Crippen molar-refractivity contribution in [3.05, 3.63) is 47.8 Å². The molecule has 0 aliphatic rings. The molecule has 0 unspecified atom stereocenters. The van der Waals surface area contributed by atoms with Crippen molar-refractivity contribution >= 4 is 5.97 Å². The van der Waals surface area contributed by atoms with Crippen LogP contribution in [-0.4, -0.2) is 17.6 Å². The van der Waals surface area contributed by atoms with Gasteiger partial charge in [0, 0.05) is 17.5 Å². The number of hydrogen-bond acceptors (Lipinski definition) is 2. The molecule has 2 aromatic rings. The van der Waals surface area contributed by atoms with Crippen LogP contribution < -0.4 is 0 Å². The van der Waals surface area contributed by atoms with Crippen LogP contribution in [0.3, 0.4) is 0 Å². The number of nitrogens with one attached hydrogen (secondary N) is 1. The summed E-state index contributed by atoms with van der Waals surface area (Å²) in [5.41, 5.74) is 3.36. The van der Waals surface area contributed by atoms with Gasteiger partial charge in [-0.3, -0.25) is 0 Å². The molecule has 0 aliphatic carbocycles. The molecule has 1 aromatic carbocycles. The lowest BCUT2D eigenvalue weighted by Gasteiger charge is -2.05. The number of rotatable bonds is 3. The Balaban J connectivity index is 2.46. The van der Waals surface area contributed by atoms with E-state index in [-0.39, 0.29) is 5.97 Å². The molecule has 0 radical (unpaired) electrons. The maximum absolute atomic E-state index is 11.9. The van der Waals surface area contributed by atoms with Crippen LogP contribution in [0.2, 0.25) is 0 Å². The second kappa shape index (κ2) is 4.87. The Hall–Kier alpha value is -2.03. The molecular formula is C14H15NO2. The highest BCUT2D eigenvalue weighted by atomic mass is 16.5. The molecule has 2 rings (SSSR count). The third-order valence-corrected chi connectivity index (χ3v) is 2.64. The van der Waals surface area contributed by atoms with Gasteiger partial charge in [-0.25, -0.2) is 4.79 Å². The van der Waals surface area contributed by atoms with E-state index in [0.29, 0.717) is 12.2 Å². The predicted octanol–water partition coefficient (Wildman–Crippen LogP) is 3.17. The van der Waals surface area contributed by atoms with Gasteiger partial charge < -0.3 is 9.72 Å². The molecule has 0 saturated carbocycles. The molecule has 17 heavy (non-hydrogen) atoms. The Labute approximate surface area is 100 Å². The summed E-state index contributed by atoms with van der Waals surface area (Å²) in [6.07, 6.45) is 1.84. The normalized spacial score (nSPS) is 10.2. The number of H-pyrrole nitrogens is 1. The van der Waals surface area contributed by atoms with Crippen LogP contribution in [0.5, 0.6) is 0 Å². The highest BCUT2D eigenvalue weighted by molar-refractivity contribution is 5.98. The maximum atomic E-state index is 11.9. The molecule has 3 heteroatoms. The van der Waals surface area contributed by atoms with Crippen molar-refractivity contribution in [2.45, 2.75) is 13.8 Å². The third kappa shape index (κ3) is 2.23. The van der Waals surface area contributed by atoms with Crippen molar-refractivity contribution in [3.8, 4) is 11.1 Å². The minimum atomic E-state index is -0.273. The zero-order valence-corrected chi connectivity index (χ0v) is 9.99. The molecule has 0 saturated heterocycles. The number of carbonyl (C=O) groups is 1. The van der Waals surface area contributed by atoms with E-state index in [1.54, 1.807) is 0 Å². The smallest absolute Gasteiger partial charge is 0.340 e. The number of esters is 1. The molecule has 0 fully saturated rings. The van der Waals surface area contributed by atoms with Crippen molar-refractivity contribution in [1.82, 2.24) is 4.98 Å². The monoisotopic (exact) mass is 229 g/mol. The number of hydrogen-bond donors (Lipinski definition) is 1. The van der Waals surface area contributed by atoms with E-state index >= 15 is 0 Å². The van der Waals surface area contributed by atoms with Crippen LogP contribution in [0.25, 0.3) is 11.1 Å². The Morgan fingerprint density at radius 1 is 1.29 bits per heavy atom. The lowest BCUT2D eigenvalue weighted by atomic mass is 10.0. The van der Waals surface area contributed by atoms with Crippen molar-refractivity contribution in [2.24, 2.45) is 0 Å². The highest BCUT2D eigenvalue weighted by Gasteiger charge is 2.18. The maximum Gasteiger partial charge on any atom is 0.340 e. The molecule has 1 aromatic heterocycles. The molecule has 3 nitrogen and oxygen atoms in total. The van der Waals surface area contributed by atoms with Gasteiger partial charge in [-0.15, -0.1) is 0 Å². The summed E-state index contributed by atoms with van der Waals surface area (Å²) >= 11 is 0. The molecule has 0 aliphatic heterocycles. The molecule has 0 spiro atoms. The fourth-order valence-electron chi connectivity index (χ4n) is 1.84. The van der Waals surface area contributed by atoms with Crippen LogP contribution in [0, 0.1) is 6.92 Å². The molecular weight excluding hydrogens is 214 g/mol. The first-order valence-electron chi connectivity index (χ1n) is 5.64. The van der Waals surface area contributed by atoms with Gasteiger partial charge in [-0.2, -0.15) is 0 Å². The quantitative estimate of drug-likeness (QED) is 0.821. The van der Waals surface area contributed by atoms with E-state index in [0.717, 1.165) is 16.8 Å². The molecule has 0 bridgehead atoms. The van der Waals surface area contributed by atoms with Gasteiger partial charge in [0.2, 0.25) is 0 Å². The van der Waals surface area contributed by atoms with E-state index in [2.05, 4.69) is 4.98 Å². The third-order valence-electron chi connectivity index (χ3n) is 2.64. The summed E-state index contributed by atoms with van der Waals surface area (Å²) in [7, 11) is 0. The van der Waals surface area contributed by atoms with Gasteiger partial charge >= 0.3 is 5.97 Å². The second-order valence-electron chi connectivity index (χ2n) is 3.79. The van der Waals surface area contributed by atoms with Gasteiger partial charge in [-0.05, 0) is 19.4 Å². The summed E-state index contributed by atoms with van der Waals surface area (Å²) in [6, 6.07) is 9.81. The number of carbonyl (C=O) groups excluding carboxylic acids is 1. The first-order chi connectivity index (χ1) is 8.24.